The molecule has 0 spiro atoms. The lowest BCUT2D eigenvalue weighted by molar-refractivity contribution is -0.149. The zero-order valence-corrected chi connectivity index (χ0v) is 14.9. The van der Waals surface area contributed by atoms with Crippen LogP contribution in [0, 0.1) is 29.0 Å². The van der Waals surface area contributed by atoms with Crippen LogP contribution in [0.4, 0.5) is 10.3 Å². The van der Waals surface area contributed by atoms with Crippen LogP contribution >= 0.6 is 0 Å². The number of halogens is 1. The predicted octanol–water partition coefficient (Wildman–Crippen LogP) is 2.76. The van der Waals surface area contributed by atoms with Gasteiger partial charge in [-0.2, -0.15) is 5.26 Å². The zero-order chi connectivity index (χ0) is 19.1. The summed E-state index contributed by atoms with van der Waals surface area (Å²) < 4.78 is 18.4. The summed E-state index contributed by atoms with van der Waals surface area (Å²) in [6.07, 6.45) is 5.37. The number of nitriles is 1. The maximum atomic E-state index is 13.0. The number of anilines is 1. The minimum Gasteiger partial charge on any atom is -0.464 e. The first-order valence-electron chi connectivity index (χ1n) is 8.98. The van der Waals surface area contributed by atoms with Crippen LogP contribution in [0.15, 0.2) is 42.7 Å². The molecule has 1 aromatic carbocycles. The van der Waals surface area contributed by atoms with Gasteiger partial charge in [0.05, 0.1) is 17.9 Å². The predicted molar refractivity (Wildman–Crippen MR) is 97.1 cm³/mol. The Balaban J connectivity index is 1.51. The normalized spacial score (nSPS) is 17.8. The fourth-order valence-corrected chi connectivity index (χ4v) is 3.15. The molecule has 140 valence electrons. The number of nitrogens with zero attached hydrogens (tertiary/aromatic N) is 4. The minimum atomic E-state index is -0.462. The molecule has 0 aliphatic carbocycles. The van der Waals surface area contributed by atoms with Crippen molar-refractivity contribution in [1.29, 1.82) is 5.26 Å². The third kappa shape index (κ3) is 5.23. The molecule has 0 radical (unpaired) electrons. The van der Waals surface area contributed by atoms with E-state index >= 15 is 0 Å². The van der Waals surface area contributed by atoms with Crippen molar-refractivity contribution in [3.8, 4) is 6.07 Å². The van der Waals surface area contributed by atoms with E-state index < -0.39 is 5.92 Å². The molecule has 0 amide bonds. The van der Waals surface area contributed by atoms with Crippen molar-refractivity contribution in [3.05, 3.63) is 54.1 Å². The Morgan fingerprint density at radius 2 is 2.07 bits per heavy atom. The van der Waals surface area contributed by atoms with E-state index in [9.17, 15) is 14.4 Å². The van der Waals surface area contributed by atoms with Gasteiger partial charge in [-0.1, -0.05) is 12.1 Å². The molecule has 7 heteroatoms. The summed E-state index contributed by atoms with van der Waals surface area (Å²) in [7, 11) is 0. The summed E-state index contributed by atoms with van der Waals surface area (Å²) in [5, 5.41) is 9.32. The van der Waals surface area contributed by atoms with E-state index in [1.807, 2.05) is 4.90 Å². The van der Waals surface area contributed by atoms with Gasteiger partial charge in [0.2, 0.25) is 5.95 Å². The molecule has 2 heterocycles. The van der Waals surface area contributed by atoms with Gasteiger partial charge in [0, 0.05) is 25.5 Å². The Labute approximate surface area is 157 Å². The molecule has 2 aromatic rings. The monoisotopic (exact) mass is 368 g/mol. The number of piperidine rings is 1. The van der Waals surface area contributed by atoms with Gasteiger partial charge in [-0.15, -0.1) is 0 Å². The van der Waals surface area contributed by atoms with Crippen molar-refractivity contribution in [2.24, 2.45) is 11.8 Å². The highest BCUT2D eigenvalue weighted by atomic mass is 19.1. The summed E-state index contributed by atoms with van der Waals surface area (Å²) in [6.45, 7) is 1.35. The molecule has 1 saturated heterocycles. The number of aromatic nitrogens is 2. The Bertz CT molecular complexity index is 792. The highest BCUT2D eigenvalue weighted by Crippen LogP contribution is 2.21. The van der Waals surface area contributed by atoms with E-state index in [4.69, 9.17) is 4.74 Å². The number of hydrogen-bond donors (Lipinski definition) is 0. The van der Waals surface area contributed by atoms with Gasteiger partial charge in [0.25, 0.3) is 0 Å². The lowest BCUT2D eigenvalue weighted by atomic mass is 9.98. The molecule has 0 N–H and O–H groups in total. The second-order valence-electron chi connectivity index (χ2n) is 6.62. The number of esters is 1. The number of carbonyl (C=O) groups is 1. The molecular weight excluding hydrogens is 347 g/mol. The van der Waals surface area contributed by atoms with E-state index in [2.05, 4.69) is 16.0 Å². The zero-order valence-electron chi connectivity index (χ0n) is 14.9. The average molecular weight is 368 g/mol. The molecule has 1 aliphatic heterocycles. The van der Waals surface area contributed by atoms with Gasteiger partial charge in [-0.05, 0) is 43.0 Å². The van der Waals surface area contributed by atoms with Crippen molar-refractivity contribution in [3.63, 3.8) is 0 Å². The maximum Gasteiger partial charge on any atom is 0.310 e. The summed E-state index contributed by atoms with van der Waals surface area (Å²) in [4.78, 5) is 22.9. The van der Waals surface area contributed by atoms with E-state index in [1.165, 1.54) is 12.1 Å². The molecular formula is C20H21FN4O2. The number of benzene rings is 1. The molecule has 1 fully saturated rings. The highest BCUT2D eigenvalue weighted by Gasteiger charge is 2.28. The Kier molecular flexibility index (Phi) is 6.31. The average Bonchev–Trinajstić information content (AvgIpc) is 2.73. The molecule has 3 rings (SSSR count). The van der Waals surface area contributed by atoms with E-state index in [-0.39, 0.29) is 24.3 Å². The third-order valence-corrected chi connectivity index (χ3v) is 4.59. The standard InChI is InChI=1S/C20H21FN4O2/c21-18-6-4-15(5-7-18)11-16(12-22)14-27-19(26)17-3-1-10-25(13-17)20-23-8-2-9-24-20/h2,4-9,16-17H,1,3,10-11,13-14H2. The minimum absolute atomic E-state index is 0.0328. The van der Waals surface area contributed by atoms with Crippen molar-refractivity contribution in [2.45, 2.75) is 19.3 Å². The van der Waals surface area contributed by atoms with Crippen LogP contribution in [0.1, 0.15) is 18.4 Å². The molecule has 27 heavy (non-hydrogen) atoms. The van der Waals surface area contributed by atoms with E-state index in [1.54, 1.807) is 30.6 Å². The molecule has 2 unspecified atom stereocenters. The highest BCUT2D eigenvalue weighted by molar-refractivity contribution is 5.73. The Hall–Kier alpha value is -3.01. The second-order valence-corrected chi connectivity index (χ2v) is 6.62. The first kappa shape index (κ1) is 18.8. The molecule has 6 nitrogen and oxygen atoms in total. The van der Waals surface area contributed by atoms with Crippen LogP contribution in [0.2, 0.25) is 0 Å². The largest absolute Gasteiger partial charge is 0.464 e. The topological polar surface area (TPSA) is 79.1 Å². The fourth-order valence-electron chi connectivity index (χ4n) is 3.15. The SMILES string of the molecule is N#CC(COC(=O)C1CCCN(c2ncccn2)C1)Cc1ccc(F)cc1. The van der Waals surface area contributed by atoms with Gasteiger partial charge in [0.1, 0.15) is 12.4 Å². The summed E-state index contributed by atoms with van der Waals surface area (Å²) >= 11 is 0. The number of carbonyl (C=O) groups excluding carboxylic acids is 1. The van der Waals surface area contributed by atoms with Gasteiger partial charge >= 0.3 is 5.97 Å². The van der Waals surface area contributed by atoms with Crippen LogP contribution in [0.5, 0.6) is 0 Å². The summed E-state index contributed by atoms with van der Waals surface area (Å²) in [5.41, 5.74) is 0.837. The Morgan fingerprint density at radius 3 is 2.78 bits per heavy atom. The smallest absolute Gasteiger partial charge is 0.310 e. The van der Waals surface area contributed by atoms with Crippen LogP contribution < -0.4 is 4.90 Å². The molecule has 0 bridgehead atoms. The van der Waals surface area contributed by atoms with Crippen LogP contribution in [0.25, 0.3) is 0 Å². The third-order valence-electron chi connectivity index (χ3n) is 4.59. The first-order valence-corrected chi connectivity index (χ1v) is 8.98. The lowest BCUT2D eigenvalue weighted by Gasteiger charge is -2.31. The van der Waals surface area contributed by atoms with Gasteiger partial charge < -0.3 is 9.64 Å². The molecule has 0 saturated carbocycles. The van der Waals surface area contributed by atoms with Crippen molar-refractivity contribution >= 4 is 11.9 Å². The quantitative estimate of drug-likeness (QED) is 0.730. The van der Waals surface area contributed by atoms with Crippen molar-refractivity contribution in [1.82, 2.24) is 9.97 Å². The first-order chi connectivity index (χ1) is 13.2. The van der Waals surface area contributed by atoms with E-state index in [0.717, 1.165) is 24.9 Å². The fraction of sp³-hybridized carbons (Fsp3) is 0.400. The Morgan fingerprint density at radius 1 is 1.33 bits per heavy atom. The number of rotatable bonds is 6. The maximum absolute atomic E-state index is 13.0. The van der Waals surface area contributed by atoms with Gasteiger partial charge in [-0.3, -0.25) is 4.79 Å². The molecule has 2 atom stereocenters. The van der Waals surface area contributed by atoms with Crippen LogP contribution in [-0.2, 0) is 16.0 Å². The second kappa shape index (κ2) is 9.08. The molecule has 1 aliphatic rings. The van der Waals surface area contributed by atoms with Gasteiger partial charge in [-0.25, -0.2) is 14.4 Å². The van der Waals surface area contributed by atoms with Crippen molar-refractivity contribution < 1.29 is 13.9 Å². The van der Waals surface area contributed by atoms with Crippen molar-refractivity contribution in [2.75, 3.05) is 24.6 Å². The van der Waals surface area contributed by atoms with E-state index in [0.29, 0.717) is 18.9 Å². The van der Waals surface area contributed by atoms with Crippen LogP contribution in [-0.4, -0.2) is 35.6 Å². The molecule has 1 aromatic heterocycles. The number of hydrogen-bond acceptors (Lipinski definition) is 6. The lowest BCUT2D eigenvalue weighted by Crippen LogP contribution is -2.40. The van der Waals surface area contributed by atoms with Gasteiger partial charge in [0.15, 0.2) is 0 Å². The van der Waals surface area contributed by atoms with Crippen LogP contribution in [0.3, 0.4) is 0 Å². The summed E-state index contributed by atoms with van der Waals surface area (Å²) in [6, 6.07) is 9.91. The summed E-state index contributed by atoms with van der Waals surface area (Å²) in [5.74, 6) is -0.719. The number of ether oxygens (including phenoxy) is 1.